The maximum atomic E-state index is 12.4. The molecule has 1 aliphatic carbocycles. The monoisotopic (exact) mass is 268 g/mol. The third-order valence-corrected chi connectivity index (χ3v) is 4.21. The third kappa shape index (κ3) is 4.18. The standard InChI is InChI=1S/C15H28N2O2/c1-11-9-17(10-15(2,3)19-11)14(18)8-12-5-4-6-13(16)7-12/h11-13H,4-10,16H2,1-3H3. The van der Waals surface area contributed by atoms with Crippen molar-refractivity contribution in [2.24, 2.45) is 11.7 Å². The molecule has 4 nitrogen and oxygen atoms in total. The fraction of sp³-hybridized carbons (Fsp3) is 0.933. The van der Waals surface area contributed by atoms with Crippen LogP contribution in [0.3, 0.4) is 0 Å². The van der Waals surface area contributed by atoms with E-state index < -0.39 is 0 Å². The van der Waals surface area contributed by atoms with Gasteiger partial charge in [0, 0.05) is 25.6 Å². The first-order valence-corrected chi connectivity index (χ1v) is 7.57. The Morgan fingerprint density at radius 2 is 2.16 bits per heavy atom. The second-order valence-corrected chi connectivity index (χ2v) is 6.96. The van der Waals surface area contributed by atoms with E-state index in [1.807, 2.05) is 11.8 Å². The number of nitrogens with zero attached hydrogens (tertiary/aromatic N) is 1. The zero-order valence-corrected chi connectivity index (χ0v) is 12.5. The van der Waals surface area contributed by atoms with Crippen LogP contribution in [-0.4, -0.2) is 41.6 Å². The van der Waals surface area contributed by atoms with Crippen LogP contribution in [0.2, 0.25) is 0 Å². The number of rotatable bonds is 2. The van der Waals surface area contributed by atoms with E-state index in [1.54, 1.807) is 0 Å². The molecule has 1 heterocycles. The fourth-order valence-corrected chi connectivity index (χ4v) is 3.54. The minimum atomic E-state index is -0.226. The lowest BCUT2D eigenvalue weighted by Crippen LogP contribution is -2.54. The molecule has 3 atom stereocenters. The number of hydrogen-bond donors (Lipinski definition) is 1. The van der Waals surface area contributed by atoms with Crippen LogP contribution < -0.4 is 5.73 Å². The van der Waals surface area contributed by atoms with E-state index in [4.69, 9.17) is 10.5 Å². The predicted molar refractivity (Wildman–Crippen MR) is 75.8 cm³/mol. The summed E-state index contributed by atoms with van der Waals surface area (Å²) in [6, 6.07) is 0.298. The van der Waals surface area contributed by atoms with Gasteiger partial charge < -0.3 is 15.4 Å². The zero-order valence-electron chi connectivity index (χ0n) is 12.5. The molecule has 2 aliphatic rings. The van der Waals surface area contributed by atoms with Crippen LogP contribution in [0.1, 0.15) is 52.9 Å². The summed E-state index contributed by atoms with van der Waals surface area (Å²) in [6.45, 7) is 7.58. The van der Waals surface area contributed by atoms with E-state index in [1.165, 1.54) is 6.42 Å². The molecule has 0 aromatic heterocycles. The van der Waals surface area contributed by atoms with Gasteiger partial charge in [-0.1, -0.05) is 6.42 Å². The third-order valence-electron chi connectivity index (χ3n) is 4.21. The van der Waals surface area contributed by atoms with Gasteiger partial charge in [0.2, 0.25) is 5.91 Å². The minimum Gasteiger partial charge on any atom is -0.369 e. The van der Waals surface area contributed by atoms with Crippen molar-refractivity contribution in [3.05, 3.63) is 0 Å². The maximum absolute atomic E-state index is 12.4. The highest BCUT2D eigenvalue weighted by atomic mass is 16.5. The van der Waals surface area contributed by atoms with Gasteiger partial charge in [-0.15, -0.1) is 0 Å². The van der Waals surface area contributed by atoms with Crippen molar-refractivity contribution < 1.29 is 9.53 Å². The highest BCUT2D eigenvalue weighted by molar-refractivity contribution is 5.76. The molecule has 2 N–H and O–H groups in total. The number of carbonyl (C=O) groups excluding carboxylic acids is 1. The van der Waals surface area contributed by atoms with Crippen molar-refractivity contribution in [3.8, 4) is 0 Å². The average molecular weight is 268 g/mol. The molecule has 0 aromatic carbocycles. The molecule has 3 unspecified atom stereocenters. The molecule has 1 saturated heterocycles. The molecule has 19 heavy (non-hydrogen) atoms. The van der Waals surface area contributed by atoms with E-state index in [0.29, 0.717) is 24.9 Å². The van der Waals surface area contributed by atoms with Crippen molar-refractivity contribution in [1.82, 2.24) is 4.90 Å². The van der Waals surface area contributed by atoms with Crippen molar-refractivity contribution in [1.29, 1.82) is 0 Å². The van der Waals surface area contributed by atoms with Crippen LogP contribution in [0, 0.1) is 5.92 Å². The first-order chi connectivity index (χ1) is 8.85. The van der Waals surface area contributed by atoms with Crippen LogP contribution in [-0.2, 0) is 9.53 Å². The van der Waals surface area contributed by atoms with E-state index in [0.717, 1.165) is 25.8 Å². The molecule has 0 spiro atoms. The van der Waals surface area contributed by atoms with Crippen LogP contribution in [0.25, 0.3) is 0 Å². The molecular weight excluding hydrogens is 240 g/mol. The van der Waals surface area contributed by atoms with Gasteiger partial charge in [-0.25, -0.2) is 0 Å². The van der Waals surface area contributed by atoms with Crippen LogP contribution in [0.15, 0.2) is 0 Å². The van der Waals surface area contributed by atoms with E-state index in [2.05, 4.69) is 13.8 Å². The Morgan fingerprint density at radius 1 is 1.42 bits per heavy atom. The number of morpholine rings is 1. The normalized spacial score (nSPS) is 35.2. The van der Waals surface area contributed by atoms with Crippen LogP contribution >= 0.6 is 0 Å². The Bertz CT molecular complexity index is 330. The number of carbonyl (C=O) groups is 1. The van der Waals surface area contributed by atoms with Crippen LogP contribution in [0.4, 0.5) is 0 Å². The van der Waals surface area contributed by atoms with Gasteiger partial charge in [-0.05, 0) is 46.0 Å². The quantitative estimate of drug-likeness (QED) is 0.832. The number of hydrogen-bond acceptors (Lipinski definition) is 3. The number of amides is 1. The first-order valence-electron chi connectivity index (χ1n) is 7.57. The van der Waals surface area contributed by atoms with Crippen molar-refractivity contribution in [3.63, 3.8) is 0 Å². The van der Waals surface area contributed by atoms with Gasteiger partial charge in [0.25, 0.3) is 0 Å². The minimum absolute atomic E-state index is 0.126. The summed E-state index contributed by atoms with van der Waals surface area (Å²) in [5.41, 5.74) is 5.77. The molecule has 0 radical (unpaired) electrons. The molecule has 2 fully saturated rings. The summed E-state index contributed by atoms with van der Waals surface area (Å²) in [5, 5.41) is 0. The lowest BCUT2D eigenvalue weighted by molar-refractivity contribution is -0.159. The highest BCUT2D eigenvalue weighted by Crippen LogP contribution is 2.28. The fourth-order valence-electron chi connectivity index (χ4n) is 3.54. The molecule has 1 amide bonds. The van der Waals surface area contributed by atoms with Gasteiger partial charge in [-0.2, -0.15) is 0 Å². The topological polar surface area (TPSA) is 55.6 Å². The Morgan fingerprint density at radius 3 is 2.79 bits per heavy atom. The Hall–Kier alpha value is -0.610. The van der Waals surface area contributed by atoms with Crippen molar-refractivity contribution in [2.45, 2.75) is 70.6 Å². The lowest BCUT2D eigenvalue weighted by Gasteiger charge is -2.42. The van der Waals surface area contributed by atoms with E-state index in [-0.39, 0.29) is 17.6 Å². The predicted octanol–water partition coefficient (Wildman–Crippen LogP) is 1.92. The molecule has 0 bridgehead atoms. The second kappa shape index (κ2) is 5.80. The summed E-state index contributed by atoms with van der Waals surface area (Å²) >= 11 is 0. The van der Waals surface area contributed by atoms with Crippen molar-refractivity contribution in [2.75, 3.05) is 13.1 Å². The smallest absolute Gasteiger partial charge is 0.223 e. The Balaban J connectivity index is 1.88. The molecule has 1 aliphatic heterocycles. The highest BCUT2D eigenvalue weighted by Gasteiger charge is 2.34. The summed E-state index contributed by atoms with van der Waals surface area (Å²) in [7, 11) is 0. The molecule has 2 rings (SSSR count). The summed E-state index contributed by atoms with van der Waals surface area (Å²) in [6.07, 6.45) is 5.24. The number of ether oxygens (including phenoxy) is 1. The number of nitrogens with two attached hydrogens (primary N) is 1. The molecule has 1 saturated carbocycles. The molecule has 110 valence electrons. The average Bonchev–Trinajstić information content (AvgIpc) is 2.26. The summed E-state index contributed by atoms with van der Waals surface area (Å²) < 4.78 is 5.85. The summed E-state index contributed by atoms with van der Waals surface area (Å²) in [5.74, 6) is 0.764. The van der Waals surface area contributed by atoms with E-state index >= 15 is 0 Å². The maximum Gasteiger partial charge on any atom is 0.223 e. The van der Waals surface area contributed by atoms with Crippen molar-refractivity contribution >= 4 is 5.91 Å². The SMILES string of the molecule is CC1CN(C(=O)CC2CCCC(N)C2)CC(C)(C)O1. The van der Waals surface area contributed by atoms with Gasteiger partial charge >= 0.3 is 0 Å². The molecule has 0 aromatic rings. The van der Waals surface area contributed by atoms with Crippen LogP contribution in [0.5, 0.6) is 0 Å². The van der Waals surface area contributed by atoms with E-state index in [9.17, 15) is 4.79 Å². The van der Waals surface area contributed by atoms with Gasteiger partial charge in [-0.3, -0.25) is 4.79 Å². The van der Waals surface area contributed by atoms with Gasteiger partial charge in [0.05, 0.1) is 11.7 Å². The Labute approximate surface area is 116 Å². The second-order valence-electron chi connectivity index (χ2n) is 6.96. The first kappa shape index (κ1) is 14.8. The molecular formula is C15H28N2O2. The Kier molecular flexibility index (Phi) is 4.51. The summed E-state index contributed by atoms with van der Waals surface area (Å²) in [4.78, 5) is 14.4. The molecule has 4 heteroatoms. The van der Waals surface area contributed by atoms with Gasteiger partial charge in [0.15, 0.2) is 0 Å². The van der Waals surface area contributed by atoms with Gasteiger partial charge in [0.1, 0.15) is 0 Å². The lowest BCUT2D eigenvalue weighted by atomic mass is 9.84. The largest absolute Gasteiger partial charge is 0.369 e. The zero-order chi connectivity index (χ0) is 14.0.